The fraction of sp³-hybridized carbons (Fsp3) is 0.294. The topological polar surface area (TPSA) is 313 Å². The van der Waals surface area contributed by atoms with Crippen molar-refractivity contribution < 1.29 is 77.1 Å². The van der Waals surface area contributed by atoms with Gasteiger partial charge in [-0.1, -0.05) is 200 Å². The Morgan fingerprint density at radius 2 is 0.605 bits per heavy atom. The molecule has 0 saturated heterocycles. The van der Waals surface area contributed by atoms with Gasteiger partial charge in [0, 0.05) is 0 Å². The van der Waals surface area contributed by atoms with Crippen LogP contribution in [0.4, 0.5) is 0 Å². The maximum Gasteiger partial charge on any atom is 0.339 e. The van der Waals surface area contributed by atoms with Gasteiger partial charge >= 0.3 is 23.9 Å². The van der Waals surface area contributed by atoms with E-state index in [1.165, 1.54) is 12.4 Å². The van der Waals surface area contributed by atoms with E-state index in [4.69, 9.17) is 48.3 Å². The lowest BCUT2D eigenvalue weighted by atomic mass is 9.98. The van der Waals surface area contributed by atoms with Crippen LogP contribution in [-0.4, -0.2) is 146 Å². The molecule has 0 fully saturated rings. The summed E-state index contributed by atoms with van der Waals surface area (Å²) < 4.78 is 52.4. The highest BCUT2D eigenvalue weighted by atomic mass is 79.9. The van der Waals surface area contributed by atoms with Gasteiger partial charge in [-0.2, -0.15) is 19.9 Å². The minimum Gasteiger partial charge on any atom is -0.465 e. The van der Waals surface area contributed by atoms with Crippen LogP contribution in [0.1, 0.15) is 231 Å². The average molecular weight is 1810 g/mol. The zero-order valence-corrected chi connectivity index (χ0v) is 77.8. The molecule has 0 spiro atoms. The Kier molecular flexibility index (Phi) is 34.7. The third kappa shape index (κ3) is 27.0. The van der Waals surface area contributed by atoms with Crippen LogP contribution in [0.5, 0.6) is 24.0 Å². The number of hydrogen-bond donors (Lipinski definition) is 2. The van der Waals surface area contributed by atoms with Crippen molar-refractivity contribution in [2.24, 2.45) is 10.3 Å². The summed E-state index contributed by atoms with van der Waals surface area (Å²) in [5.74, 6) is -1.41. The average Bonchev–Trinajstić information content (AvgIpc) is 1.61. The highest BCUT2D eigenvalue weighted by molar-refractivity contribution is 9.10. The SMILES string of the molecule is C=Cc1nc(OCC)n(Cc2ccc(-c3ccccc3C(=O)OC(C)(C)C)cc2)c1/C=N\O.C=Cc1nc(OCC)n(Cc2ccc(-c3ccccc3C(=O)OC(C)(C)C)cc2)c1C=O.CCOc1nc(Br)c(C=O)n1Cc1ccc(-c2ccccc2C(=O)OC(C)(C)C)cc1.CCOc1nc(CC)c(/C=N\O)n1Cc1ccc(-c2ccccc2C(=O)OC(C)(C)C)cc1. The van der Waals surface area contributed by atoms with E-state index in [1.54, 1.807) is 45.6 Å². The first kappa shape index (κ1) is 98.7. The number of aldehydes is 2. The van der Waals surface area contributed by atoms with Crippen LogP contribution in [0.2, 0.25) is 0 Å². The van der Waals surface area contributed by atoms with E-state index in [0.717, 1.165) is 85.0 Å². The lowest BCUT2D eigenvalue weighted by Gasteiger charge is -2.20. The summed E-state index contributed by atoms with van der Waals surface area (Å²) in [4.78, 5) is 91.5. The van der Waals surface area contributed by atoms with Gasteiger partial charge in [0.15, 0.2) is 12.6 Å². The highest BCUT2D eigenvalue weighted by Gasteiger charge is 2.28. The molecule has 0 aliphatic heterocycles. The maximum absolute atomic E-state index is 12.7. The molecule has 0 saturated carbocycles. The maximum atomic E-state index is 12.7. The van der Waals surface area contributed by atoms with E-state index in [0.29, 0.717) is 144 Å². The second-order valence-corrected chi connectivity index (χ2v) is 33.9. The molecule has 674 valence electrons. The summed E-state index contributed by atoms with van der Waals surface area (Å²) in [6.45, 7) is 42.8. The van der Waals surface area contributed by atoms with Crippen molar-refractivity contribution in [1.29, 1.82) is 0 Å². The molecule has 0 atom stereocenters. The van der Waals surface area contributed by atoms with Crippen LogP contribution >= 0.6 is 15.9 Å². The van der Waals surface area contributed by atoms with Gasteiger partial charge < -0.3 is 48.3 Å². The summed E-state index contributed by atoms with van der Waals surface area (Å²) in [7, 11) is 0. The minimum absolute atomic E-state index is 0.345. The second-order valence-electron chi connectivity index (χ2n) is 33.2. The largest absolute Gasteiger partial charge is 0.465 e. The Balaban J connectivity index is 0.000000194. The van der Waals surface area contributed by atoms with Crippen molar-refractivity contribution in [3.05, 3.63) is 296 Å². The summed E-state index contributed by atoms with van der Waals surface area (Å²) in [6, 6.07) is 62.8. The zero-order chi connectivity index (χ0) is 93.9. The Labute approximate surface area is 762 Å². The summed E-state index contributed by atoms with van der Waals surface area (Å²) in [6.07, 6.45) is 8.04. The van der Waals surface area contributed by atoms with Gasteiger partial charge in [-0.3, -0.25) is 27.9 Å². The molecule has 0 radical (unpaired) electrons. The molecule has 0 aliphatic carbocycles. The Morgan fingerprint density at radius 3 is 0.868 bits per heavy atom. The van der Waals surface area contributed by atoms with Crippen molar-refractivity contribution in [3.63, 3.8) is 0 Å². The van der Waals surface area contributed by atoms with Gasteiger partial charge in [-0.15, -0.1) is 0 Å². The molecule has 12 aromatic rings. The second kappa shape index (κ2) is 45.4. The molecule has 0 aliphatic rings. The number of benzene rings is 8. The molecular weight excluding hydrogens is 1700 g/mol. The molecule has 0 amide bonds. The third-order valence-corrected chi connectivity index (χ3v) is 19.6. The number of esters is 4. The molecule has 26 nitrogen and oxygen atoms in total. The number of halogens is 1. The molecule has 27 heteroatoms. The predicted molar refractivity (Wildman–Crippen MR) is 505 cm³/mol. The van der Waals surface area contributed by atoms with Gasteiger partial charge in [0.25, 0.3) is 24.0 Å². The van der Waals surface area contributed by atoms with Gasteiger partial charge in [-0.05, 0) is 236 Å². The van der Waals surface area contributed by atoms with Crippen molar-refractivity contribution in [2.45, 2.75) is 173 Å². The predicted octanol–water partition coefficient (Wildman–Crippen LogP) is 21.7. The first-order valence-corrected chi connectivity index (χ1v) is 43.1. The standard InChI is InChI=1S/C26H31N3O4.C26H29N3O4.C26H28N2O4.C24H25BrN2O4/c2*1-6-22-23(16-27-31)29(25(28-22)32-7-2)17-18-12-14-19(15-13-18)20-10-8-9-11-21(20)24(30)33-26(3,4)5;1-6-22-23(17-29)28(25(27-22)31-7-2)16-18-12-14-19(15-13-18)20-10-8-9-11-21(20)24(30)32-26(3,4)5;1-5-30-23-26-21(25)20(15-28)27(23)14-16-10-12-17(13-11-16)18-8-6-7-9-19(18)22(29)31-24(2,3)4/h8-16,31H,6-7,17H2,1-5H3;6,8-16,31H,1,7,17H2,2-5H3;6,8-15,17H,1,7,16H2,2-5H3;6-13,15H,5,14H2,1-4H3/b2*27-16-;;. The molecule has 4 aromatic heterocycles. The van der Waals surface area contributed by atoms with Crippen LogP contribution < -0.4 is 18.9 Å². The van der Waals surface area contributed by atoms with E-state index >= 15 is 0 Å². The molecule has 12 rings (SSSR count). The lowest BCUT2D eigenvalue weighted by molar-refractivity contribution is 0.00578. The van der Waals surface area contributed by atoms with Gasteiger partial charge in [0.2, 0.25) is 0 Å². The summed E-state index contributed by atoms with van der Waals surface area (Å²) in [5, 5.41) is 24.6. The number of imidazole rings is 4. The van der Waals surface area contributed by atoms with Crippen LogP contribution in [0.3, 0.4) is 0 Å². The van der Waals surface area contributed by atoms with E-state index in [1.807, 2.05) is 297 Å². The van der Waals surface area contributed by atoms with Gasteiger partial charge in [-0.25, -0.2) is 19.2 Å². The van der Waals surface area contributed by atoms with Crippen LogP contribution in [0.15, 0.2) is 222 Å². The van der Waals surface area contributed by atoms with E-state index in [-0.39, 0.29) is 23.9 Å². The molecular formula is C102H113BrN10O16. The fourth-order valence-electron chi connectivity index (χ4n) is 13.5. The summed E-state index contributed by atoms with van der Waals surface area (Å²) in [5.41, 5.74) is 14.6. The van der Waals surface area contributed by atoms with E-state index < -0.39 is 22.4 Å². The van der Waals surface area contributed by atoms with E-state index in [2.05, 4.69) is 59.3 Å². The Morgan fingerprint density at radius 1 is 0.357 bits per heavy atom. The number of hydrogen-bond acceptors (Lipinski definition) is 22. The zero-order valence-electron chi connectivity index (χ0n) is 76.2. The smallest absolute Gasteiger partial charge is 0.339 e. The van der Waals surface area contributed by atoms with Gasteiger partial charge in [0.05, 0.1) is 116 Å². The Bertz CT molecular complexity index is 5930. The van der Waals surface area contributed by atoms with Crippen molar-refractivity contribution >= 4 is 77.0 Å². The van der Waals surface area contributed by atoms with Crippen molar-refractivity contribution in [2.75, 3.05) is 26.4 Å². The van der Waals surface area contributed by atoms with E-state index in [9.17, 15) is 28.8 Å². The lowest BCUT2D eigenvalue weighted by Crippen LogP contribution is -2.24. The number of rotatable bonds is 31. The summed E-state index contributed by atoms with van der Waals surface area (Å²) >= 11 is 3.31. The number of ether oxygens (including phenoxy) is 8. The number of carbonyl (C=O) groups excluding carboxylic acids is 6. The van der Waals surface area contributed by atoms with Crippen molar-refractivity contribution in [3.8, 4) is 68.5 Å². The number of nitrogens with zero attached hydrogens (tertiary/aromatic N) is 10. The Hall–Kier alpha value is -14.1. The number of aromatic nitrogens is 8. The first-order valence-electron chi connectivity index (χ1n) is 42.3. The quantitative estimate of drug-likeness (QED) is 0.0102. The monoisotopic (exact) mass is 1810 g/mol. The third-order valence-electron chi connectivity index (χ3n) is 19.0. The number of oxime groups is 2. The van der Waals surface area contributed by atoms with Gasteiger partial charge in [0.1, 0.15) is 38.4 Å². The molecule has 0 unspecified atom stereocenters. The van der Waals surface area contributed by atoms with Crippen LogP contribution in [0, 0.1) is 0 Å². The first-order chi connectivity index (χ1) is 61.5. The molecule has 0 bridgehead atoms. The minimum atomic E-state index is -0.572. The fourth-order valence-corrected chi connectivity index (χ4v) is 13.9. The highest BCUT2D eigenvalue weighted by Crippen LogP contribution is 2.35. The molecule has 129 heavy (non-hydrogen) atoms. The normalized spacial score (nSPS) is 11.4. The molecule has 2 N–H and O–H groups in total. The van der Waals surface area contributed by atoms with Crippen molar-refractivity contribution in [1.82, 2.24) is 38.2 Å². The molecule has 4 heterocycles. The number of aryl methyl sites for hydroxylation is 1. The van der Waals surface area contributed by atoms with Crippen LogP contribution in [0.25, 0.3) is 56.7 Å². The number of carbonyl (C=O) groups is 6. The molecule has 8 aromatic carbocycles. The van der Waals surface area contributed by atoms with Crippen LogP contribution in [-0.2, 0) is 51.5 Å².